The highest BCUT2D eigenvalue weighted by atomic mass is 79.9. The molecule has 0 radical (unpaired) electrons. The molecule has 0 amide bonds. The number of aromatic nitrogens is 2. The van der Waals surface area contributed by atoms with Crippen LogP contribution in [0.25, 0.3) is 10.2 Å². The highest BCUT2D eigenvalue weighted by Gasteiger charge is 2.24. The van der Waals surface area contributed by atoms with Crippen LogP contribution in [0.4, 0.5) is 5.82 Å². The van der Waals surface area contributed by atoms with Crippen LogP contribution in [0, 0.1) is 0 Å². The summed E-state index contributed by atoms with van der Waals surface area (Å²) in [6, 6.07) is 7.83. The standard InChI is InChI=1S/C18H16BrN5O2S/c19-13-4-2-1-3-11(13)7-22-23-17-16-12-5-6-24(9-15(25)26)8-14(12)27-18(16)21-10-20-17/h1-4,7,10H,5-6,8-9H2,(H,25,26)(H,20,21,23)/b22-7+. The number of hydrogen-bond acceptors (Lipinski definition) is 7. The number of rotatable bonds is 5. The Hall–Kier alpha value is -2.36. The first-order valence-electron chi connectivity index (χ1n) is 8.35. The second-order valence-corrected chi connectivity index (χ2v) is 8.09. The Morgan fingerprint density at radius 3 is 3.07 bits per heavy atom. The molecule has 0 aliphatic carbocycles. The lowest BCUT2D eigenvalue weighted by molar-refractivity contribution is -0.138. The van der Waals surface area contributed by atoms with Crippen molar-refractivity contribution in [2.45, 2.75) is 13.0 Å². The van der Waals surface area contributed by atoms with Crippen molar-refractivity contribution >= 4 is 55.5 Å². The summed E-state index contributed by atoms with van der Waals surface area (Å²) in [6.45, 7) is 1.39. The molecule has 1 aromatic carbocycles. The van der Waals surface area contributed by atoms with Crippen LogP contribution in [0.5, 0.6) is 0 Å². The number of aliphatic carboxylic acids is 1. The average molecular weight is 446 g/mol. The van der Waals surface area contributed by atoms with E-state index in [0.717, 1.165) is 31.6 Å². The number of thiophene rings is 1. The van der Waals surface area contributed by atoms with Gasteiger partial charge in [-0.05, 0) is 18.1 Å². The zero-order valence-corrected chi connectivity index (χ0v) is 16.6. The molecule has 4 rings (SSSR count). The highest BCUT2D eigenvalue weighted by Crippen LogP contribution is 2.37. The maximum Gasteiger partial charge on any atom is 0.317 e. The molecule has 9 heteroatoms. The SMILES string of the molecule is O=C(O)CN1CCc2c(sc3ncnc(N/N=C/c4ccccc4Br)c23)C1. The number of benzene rings is 1. The van der Waals surface area contributed by atoms with Gasteiger partial charge in [0.2, 0.25) is 0 Å². The molecule has 2 N–H and O–H groups in total. The van der Waals surface area contributed by atoms with Gasteiger partial charge in [-0.25, -0.2) is 9.97 Å². The van der Waals surface area contributed by atoms with Crippen LogP contribution in [-0.4, -0.2) is 45.2 Å². The van der Waals surface area contributed by atoms with Gasteiger partial charge in [-0.15, -0.1) is 11.3 Å². The second-order valence-electron chi connectivity index (χ2n) is 6.15. The summed E-state index contributed by atoms with van der Waals surface area (Å²) in [6.07, 6.45) is 4.04. The van der Waals surface area contributed by atoms with Gasteiger partial charge in [0.25, 0.3) is 0 Å². The summed E-state index contributed by atoms with van der Waals surface area (Å²) in [7, 11) is 0. The first-order chi connectivity index (χ1) is 13.1. The van der Waals surface area contributed by atoms with Gasteiger partial charge >= 0.3 is 5.97 Å². The third kappa shape index (κ3) is 3.85. The normalized spacial score (nSPS) is 14.6. The molecule has 1 aliphatic rings. The zero-order chi connectivity index (χ0) is 18.8. The fourth-order valence-electron chi connectivity index (χ4n) is 3.13. The number of carbonyl (C=O) groups is 1. The van der Waals surface area contributed by atoms with Crippen molar-refractivity contribution in [2.75, 3.05) is 18.5 Å². The van der Waals surface area contributed by atoms with Crippen LogP contribution < -0.4 is 5.43 Å². The number of nitrogens with one attached hydrogen (secondary N) is 1. The molecule has 0 atom stereocenters. The van der Waals surface area contributed by atoms with Crippen LogP contribution in [0.3, 0.4) is 0 Å². The van der Waals surface area contributed by atoms with E-state index in [1.165, 1.54) is 11.9 Å². The molecule has 7 nitrogen and oxygen atoms in total. The molecule has 27 heavy (non-hydrogen) atoms. The molecule has 138 valence electrons. The Morgan fingerprint density at radius 2 is 2.26 bits per heavy atom. The molecule has 3 heterocycles. The minimum absolute atomic E-state index is 0.0563. The Bertz CT molecular complexity index is 1040. The minimum Gasteiger partial charge on any atom is -0.480 e. The van der Waals surface area contributed by atoms with Crippen molar-refractivity contribution in [1.82, 2.24) is 14.9 Å². The van der Waals surface area contributed by atoms with Crippen molar-refractivity contribution in [1.29, 1.82) is 0 Å². The van der Waals surface area contributed by atoms with Crippen molar-refractivity contribution < 1.29 is 9.90 Å². The summed E-state index contributed by atoms with van der Waals surface area (Å²) < 4.78 is 0.967. The molecule has 0 fully saturated rings. The van der Waals surface area contributed by atoms with E-state index in [0.29, 0.717) is 18.9 Å². The van der Waals surface area contributed by atoms with Crippen LogP contribution in [0.2, 0.25) is 0 Å². The van der Waals surface area contributed by atoms with Crippen molar-refractivity contribution in [3.05, 3.63) is 51.1 Å². The predicted octanol–water partition coefficient (Wildman–Crippen LogP) is 3.34. The number of carboxylic acid groups (broad SMARTS) is 1. The molecule has 0 saturated carbocycles. The number of nitrogens with zero attached hydrogens (tertiary/aromatic N) is 4. The summed E-state index contributed by atoms with van der Waals surface area (Å²) in [5.41, 5.74) is 5.19. The maximum atomic E-state index is 11.0. The summed E-state index contributed by atoms with van der Waals surface area (Å²) >= 11 is 5.09. The maximum absolute atomic E-state index is 11.0. The molecular formula is C18H16BrN5O2S. The predicted molar refractivity (Wildman–Crippen MR) is 109 cm³/mol. The van der Waals surface area contributed by atoms with Crippen molar-refractivity contribution in [3.63, 3.8) is 0 Å². The van der Waals surface area contributed by atoms with Crippen LogP contribution in [0.15, 0.2) is 40.2 Å². The van der Waals surface area contributed by atoms with Crippen molar-refractivity contribution in [2.24, 2.45) is 5.10 Å². The molecule has 2 aromatic heterocycles. The Morgan fingerprint density at radius 1 is 1.41 bits per heavy atom. The van der Waals surface area contributed by atoms with E-state index < -0.39 is 5.97 Å². The number of hydrazone groups is 1. The molecule has 0 unspecified atom stereocenters. The Kier molecular flexibility index (Phi) is 5.15. The number of carboxylic acids is 1. The smallest absolute Gasteiger partial charge is 0.317 e. The molecule has 0 spiro atoms. The fraction of sp³-hybridized carbons (Fsp3) is 0.222. The lowest BCUT2D eigenvalue weighted by Gasteiger charge is -2.25. The highest BCUT2D eigenvalue weighted by molar-refractivity contribution is 9.10. The van der Waals surface area contributed by atoms with Gasteiger partial charge in [0.05, 0.1) is 18.1 Å². The molecular weight excluding hydrogens is 430 g/mol. The van der Waals surface area contributed by atoms with Gasteiger partial charge in [0.1, 0.15) is 11.2 Å². The van der Waals surface area contributed by atoms with E-state index >= 15 is 0 Å². The second kappa shape index (κ2) is 7.71. The van der Waals surface area contributed by atoms with Crippen LogP contribution >= 0.6 is 27.3 Å². The summed E-state index contributed by atoms with van der Waals surface area (Å²) in [5, 5.41) is 14.3. The lowest BCUT2D eigenvalue weighted by Crippen LogP contribution is -2.34. The average Bonchev–Trinajstić information content (AvgIpc) is 3.01. The monoisotopic (exact) mass is 445 g/mol. The zero-order valence-electron chi connectivity index (χ0n) is 14.2. The van der Waals surface area contributed by atoms with E-state index in [-0.39, 0.29) is 6.54 Å². The third-order valence-corrected chi connectivity index (χ3v) is 6.20. The first-order valence-corrected chi connectivity index (χ1v) is 9.96. The Balaban J connectivity index is 1.60. The molecule has 0 saturated heterocycles. The van der Waals surface area contributed by atoms with Gasteiger partial charge in [-0.1, -0.05) is 34.1 Å². The quantitative estimate of drug-likeness (QED) is 0.462. The summed E-state index contributed by atoms with van der Waals surface area (Å²) in [5.74, 6) is -0.129. The number of halogens is 1. The van der Waals surface area contributed by atoms with Gasteiger partial charge in [-0.3, -0.25) is 15.1 Å². The van der Waals surface area contributed by atoms with Gasteiger partial charge in [-0.2, -0.15) is 5.10 Å². The van der Waals surface area contributed by atoms with E-state index in [4.69, 9.17) is 5.11 Å². The third-order valence-electron chi connectivity index (χ3n) is 4.35. The van der Waals surface area contributed by atoms with E-state index in [9.17, 15) is 4.79 Å². The van der Waals surface area contributed by atoms with E-state index in [1.807, 2.05) is 29.2 Å². The fourth-order valence-corrected chi connectivity index (χ4v) is 4.75. The van der Waals surface area contributed by atoms with E-state index in [2.05, 4.69) is 36.4 Å². The van der Waals surface area contributed by atoms with Crippen LogP contribution in [-0.2, 0) is 17.8 Å². The summed E-state index contributed by atoms with van der Waals surface area (Å²) in [4.78, 5) is 23.7. The Labute approximate surface area is 167 Å². The van der Waals surface area contributed by atoms with Crippen molar-refractivity contribution in [3.8, 4) is 0 Å². The largest absolute Gasteiger partial charge is 0.480 e. The number of anilines is 1. The van der Waals surface area contributed by atoms with E-state index in [1.54, 1.807) is 17.6 Å². The topological polar surface area (TPSA) is 90.7 Å². The van der Waals surface area contributed by atoms with Gasteiger partial charge in [0.15, 0.2) is 5.82 Å². The van der Waals surface area contributed by atoms with Gasteiger partial charge in [0, 0.05) is 28.0 Å². The number of hydrogen-bond donors (Lipinski definition) is 2. The van der Waals surface area contributed by atoms with Crippen LogP contribution in [0.1, 0.15) is 16.0 Å². The molecule has 3 aromatic rings. The van der Waals surface area contributed by atoms with Gasteiger partial charge < -0.3 is 5.11 Å². The molecule has 0 bridgehead atoms. The first kappa shape index (κ1) is 18.0. The lowest BCUT2D eigenvalue weighted by atomic mass is 10.1. The molecule has 1 aliphatic heterocycles. The minimum atomic E-state index is -0.803. The number of fused-ring (bicyclic) bond motifs is 3.